The van der Waals surface area contributed by atoms with Crippen LogP contribution in [0.2, 0.25) is 0 Å². The quantitative estimate of drug-likeness (QED) is 0.249. The maximum absolute atomic E-state index is 9.00. The molecule has 0 saturated carbocycles. The number of aliphatic hydroxyl groups excluding tert-OH is 1. The third-order valence-corrected chi connectivity index (χ3v) is 6.09. The molecule has 2 N–H and O–H groups in total. The van der Waals surface area contributed by atoms with Crippen molar-refractivity contribution in [2.24, 2.45) is 4.99 Å². The number of ether oxygens (including phenoxy) is 1. The van der Waals surface area contributed by atoms with Crippen molar-refractivity contribution in [1.82, 2.24) is 4.98 Å². The molecular weight excluding hydrogens is 414 g/mol. The molecule has 0 radical (unpaired) electrons. The van der Waals surface area contributed by atoms with E-state index >= 15 is 0 Å². The second-order valence-corrected chi connectivity index (χ2v) is 7.83. The summed E-state index contributed by atoms with van der Waals surface area (Å²) in [6.45, 7) is 7.94. The van der Waals surface area contributed by atoms with Crippen LogP contribution in [0.3, 0.4) is 0 Å². The Balaban J connectivity index is 0.00000124. The number of aliphatic hydroxyl groups is 1. The number of aromatic nitrogens is 1. The molecule has 0 unspecified atom stereocenters. The number of hydrogen-bond donors (Lipinski definition) is 2. The maximum Gasteiger partial charge on any atom is 0.138 e. The Morgan fingerprint density at radius 3 is 2.77 bits per heavy atom. The van der Waals surface area contributed by atoms with Crippen LogP contribution >= 0.6 is 23.1 Å². The fourth-order valence-corrected chi connectivity index (χ4v) is 4.50. The van der Waals surface area contributed by atoms with E-state index in [1.165, 1.54) is 0 Å². The van der Waals surface area contributed by atoms with Gasteiger partial charge in [-0.2, -0.15) is 0 Å². The molecule has 156 valence electrons. The van der Waals surface area contributed by atoms with Crippen molar-refractivity contribution in [2.45, 2.75) is 18.7 Å². The summed E-state index contributed by atoms with van der Waals surface area (Å²) in [7, 11) is 0. The molecule has 0 atom stereocenters. The zero-order valence-corrected chi connectivity index (χ0v) is 18.9. The average molecular weight is 440 g/mol. The molecule has 0 amide bonds. The first-order chi connectivity index (χ1) is 14.7. The summed E-state index contributed by atoms with van der Waals surface area (Å²) in [4.78, 5) is 9.74. The number of thioether (sulfide) groups is 1. The Bertz CT molecular complexity index is 1160. The lowest BCUT2D eigenvalue weighted by Crippen LogP contribution is -2.00. The lowest BCUT2D eigenvalue weighted by Gasteiger charge is -2.12. The van der Waals surface area contributed by atoms with Crippen molar-refractivity contribution in [1.29, 1.82) is 0 Å². The van der Waals surface area contributed by atoms with Gasteiger partial charge < -0.3 is 15.2 Å². The van der Waals surface area contributed by atoms with Crippen LogP contribution in [0.1, 0.15) is 13.8 Å². The zero-order valence-electron chi connectivity index (χ0n) is 17.3. The van der Waals surface area contributed by atoms with E-state index in [9.17, 15) is 0 Å². The molecule has 0 aliphatic rings. The first-order valence-corrected chi connectivity index (χ1v) is 11.8. The Kier molecular flexibility index (Phi) is 7.68. The smallest absolute Gasteiger partial charge is 0.138 e. The summed E-state index contributed by atoms with van der Waals surface area (Å²) in [5.41, 5.74) is 3.67. The average Bonchev–Trinajstić information content (AvgIpc) is 3.19. The molecule has 2 aromatic heterocycles. The van der Waals surface area contributed by atoms with E-state index in [0.717, 1.165) is 48.7 Å². The summed E-state index contributed by atoms with van der Waals surface area (Å²) in [5.74, 6) is 0.783. The monoisotopic (exact) mass is 439 g/mol. The predicted octanol–water partition coefficient (Wildman–Crippen LogP) is 6.64. The van der Waals surface area contributed by atoms with E-state index < -0.39 is 0 Å². The third kappa shape index (κ3) is 4.59. The number of nitrogens with zero attached hydrogens (tertiary/aromatic N) is 2. The molecule has 0 bridgehead atoms. The minimum atomic E-state index is -0.00583. The van der Waals surface area contributed by atoms with Gasteiger partial charge in [-0.15, -0.1) is 23.1 Å². The van der Waals surface area contributed by atoms with E-state index in [-0.39, 0.29) is 13.2 Å². The van der Waals surface area contributed by atoms with E-state index in [1.54, 1.807) is 29.3 Å². The van der Waals surface area contributed by atoms with Crippen LogP contribution in [0.5, 0.6) is 5.75 Å². The molecular formula is C23H25N3O2S2. The van der Waals surface area contributed by atoms with Crippen LogP contribution in [-0.2, 0) is 0 Å². The molecule has 0 aliphatic carbocycles. The van der Waals surface area contributed by atoms with Crippen LogP contribution in [-0.4, -0.2) is 36.3 Å². The highest BCUT2D eigenvalue weighted by molar-refractivity contribution is 7.98. The van der Waals surface area contributed by atoms with Gasteiger partial charge in [0.15, 0.2) is 0 Å². The number of rotatable bonds is 7. The Labute approximate surface area is 184 Å². The van der Waals surface area contributed by atoms with Gasteiger partial charge in [0.2, 0.25) is 0 Å². The number of aliphatic imine (C=N–C) groups is 1. The topological polar surface area (TPSA) is 66.7 Å². The van der Waals surface area contributed by atoms with Crippen molar-refractivity contribution in [3.05, 3.63) is 48.0 Å². The van der Waals surface area contributed by atoms with Gasteiger partial charge in [0.1, 0.15) is 12.4 Å². The summed E-state index contributed by atoms with van der Waals surface area (Å²) in [5, 5.41) is 16.5. The molecule has 2 heterocycles. The summed E-state index contributed by atoms with van der Waals surface area (Å²) in [6.07, 6.45) is 3.82. The number of anilines is 2. The normalized spacial score (nSPS) is 10.5. The van der Waals surface area contributed by atoms with Gasteiger partial charge in [-0.25, -0.2) is 0 Å². The van der Waals surface area contributed by atoms with Crippen molar-refractivity contribution < 1.29 is 9.84 Å². The largest absolute Gasteiger partial charge is 0.490 e. The highest BCUT2D eigenvalue weighted by Crippen LogP contribution is 2.38. The van der Waals surface area contributed by atoms with E-state index in [0.29, 0.717) is 0 Å². The fourth-order valence-electron chi connectivity index (χ4n) is 3.07. The van der Waals surface area contributed by atoms with Crippen molar-refractivity contribution in [3.63, 3.8) is 0 Å². The standard InChI is InChI=1S/C21H19N3O2S2.C2H6/c1-22-18-9-13(3-4-20(18)27-2)24-16-5-6-23-17-10-15-19(26-8-7-25)12-28-21(15)11-14(16)17;1-2/h3-6,9-12,25H,1,7-8H2,2H3,(H,23,24);1-2H3. The zero-order chi connectivity index (χ0) is 21.5. The van der Waals surface area contributed by atoms with Crippen LogP contribution in [0.4, 0.5) is 17.1 Å². The van der Waals surface area contributed by atoms with E-state index in [4.69, 9.17) is 9.84 Å². The first kappa shape index (κ1) is 22.1. The number of fused-ring (bicyclic) bond motifs is 2. The molecule has 2 aromatic carbocycles. The van der Waals surface area contributed by atoms with Crippen molar-refractivity contribution in [3.8, 4) is 5.75 Å². The van der Waals surface area contributed by atoms with Gasteiger partial charge in [0.05, 0.1) is 17.8 Å². The maximum atomic E-state index is 9.00. The van der Waals surface area contributed by atoms with E-state index in [1.807, 2.05) is 55.8 Å². The second-order valence-electron chi connectivity index (χ2n) is 6.07. The Hall–Kier alpha value is -2.61. The van der Waals surface area contributed by atoms with Gasteiger partial charge in [0, 0.05) is 43.3 Å². The second kappa shape index (κ2) is 10.4. The van der Waals surface area contributed by atoms with Crippen molar-refractivity contribution in [2.75, 3.05) is 24.8 Å². The predicted molar refractivity (Wildman–Crippen MR) is 132 cm³/mol. The molecule has 0 saturated heterocycles. The summed E-state index contributed by atoms with van der Waals surface area (Å²) >= 11 is 3.27. The third-order valence-electron chi connectivity index (χ3n) is 4.38. The van der Waals surface area contributed by atoms with Crippen LogP contribution in [0.25, 0.3) is 21.0 Å². The van der Waals surface area contributed by atoms with Gasteiger partial charge in [-0.1, -0.05) is 13.8 Å². The lowest BCUT2D eigenvalue weighted by molar-refractivity contribution is 0.203. The Morgan fingerprint density at radius 2 is 2.03 bits per heavy atom. The highest BCUT2D eigenvalue weighted by Gasteiger charge is 2.11. The molecule has 0 spiro atoms. The fraction of sp³-hybridized carbons (Fsp3) is 0.217. The van der Waals surface area contributed by atoms with Gasteiger partial charge in [0.25, 0.3) is 0 Å². The van der Waals surface area contributed by atoms with Crippen molar-refractivity contribution >= 4 is 67.9 Å². The summed E-state index contributed by atoms with van der Waals surface area (Å²) in [6, 6.07) is 12.2. The van der Waals surface area contributed by atoms with Gasteiger partial charge >= 0.3 is 0 Å². The Morgan fingerprint density at radius 1 is 1.20 bits per heavy atom. The van der Waals surface area contributed by atoms with Crippen LogP contribution in [0.15, 0.2) is 57.9 Å². The lowest BCUT2D eigenvalue weighted by atomic mass is 10.1. The van der Waals surface area contributed by atoms with E-state index in [2.05, 4.69) is 28.1 Å². The number of hydrogen-bond acceptors (Lipinski definition) is 7. The number of pyridine rings is 1. The number of benzene rings is 2. The molecule has 4 aromatic rings. The number of thiophene rings is 1. The molecule has 4 rings (SSSR count). The van der Waals surface area contributed by atoms with Gasteiger partial charge in [-0.3, -0.25) is 9.98 Å². The SMILES string of the molecule is C=Nc1cc(Nc2ccnc3cc4c(OCCO)csc4cc23)ccc1SC.CC. The van der Waals surface area contributed by atoms with Crippen LogP contribution in [0, 0.1) is 0 Å². The minimum absolute atomic E-state index is 0.00583. The molecule has 7 heteroatoms. The highest BCUT2D eigenvalue weighted by atomic mass is 32.2. The molecule has 30 heavy (non-hydrogen) atoms. The van der Waals surface area contributed by atoms with Gasteiger partial charge in [-0.05, 0) is 49.4 Å². The minimum Gasteiger partial charge on any atom is -0.490 e. The first-order valence-electron chi connectivity index (χ1n) is 9.69. The summed E-state index contributed by atoms with van der Waals surface area (Å²) < 4.78 is 6.74. The number of nitrogens with one attached hydrogen (secondary N) is 1. The van der Waals surface area contributed by atoms with Crippen LogP contribution < -0.4 is 10.1 Å². The molecule has 0 aliphatic heterocycles. The molecule has 5 nitrogen and oxygen atoms in total. The molecule has 0 fully saturated rings.